The molecular weight excluding hydrogens is 298 g/mol. The largest absolute Gasteiger partial charge is 0.465 e. The maximum atomic E-state index is 12.3. The number of carbonyl (C=O) groups is 3. The van der Waals surface area contributed by atoms with Crippen LogP contribution in [0.4, 0.5) is 0 Å². The lowest BCUT2D eigenvalue weighted by molar-refractivity contribution is -0.153. The zero-order valence-electron chi connectivity index (χ0n) is 12.2. The van der Waals surface area contributed by atoms with Crippen molar-refractivity contribution >= 4 is 30.1 Å². The third kappa shape index (κ3) is 4.66. The molecule has 1 aliphatic rings. The molecule has 1 fully saturated rings. The Labute approximate surface area is 130 Å². The van der Waals surface area contributed by atoms with Crippen molar-refractivity contribution in [3.05, 3.63) is 0 Å². The molecule has 0 aromatic carbocycles. The fourth-order valence-electron chi connectivity index (χ4n) is 2.63. The highest BCUT2D eigenvalue weighted by atomic mass is 35.5. The van der Waals surface area contributed by atoms with Crippen LogP contribution in [-0.2, 0) is 19.1 Å². The number of carbonyl (C=O) groups excluding carboxylic acids is 3. The van der Waals surface area contributed by atoms with Crippen molar-refractivity contribution in [3.63, 3.8) is 0 Å². The van der Waals surface area contributed by atoms with Gasteiger partial charge in [-0.3, -0.25) is 14.4 Å². The predicted octanol–water partition coefficient (Wildman–Crippen LogP) is -0.369. The molecule has 7 nitrogen and oxygen atoms in total. The monoisotopic (exact) mass is 321 g/mol. The molecule has 21 heavy (non-hydrogen) atoms. The second-order valence-electron chi connectivity index (χ2n) is 5.22. The fourth-order valence-corrected chi connectivity index (χ4v) is 2.63. The Bertz CT molecular complexity index is 405. The van der Waals surface area contributed by atoms with E-state index < -0.39 is 29.4 Å². The molecule has 0 aromatic heterocycles. The Kier molecular flexibility index (Phi) is 7.84. The maximum absolute atomic E-state index is 12.3. The van der Waals surface area contributed by atoms with Crippen molar-refractivity contribution in [2.24, 2.45) is 23.1 Å². The van der Waals surface area contributed by atoms with Crippen LogP contribution in [0.25, 0.3) is 0 Å². The predicted molar refractivity (Wildman–Crippen MR) is 79.6 cm³/mol. The average molecular weight is 322 g/mol. The van der Waals surface area contributed by atoms with Gasteiger partial charge in [-0.1, -0.05) is 6.42 Å². The SMILES string of the molecule is CCOC(=O)C1(N)CCCC1C(=O)[C@@H](N)CCC(N)=O.Cl. The molecule has 0 bridgehead atoms. The molecule has 1 rings (SSSR count). The molecule has 8 heteroatoms. The number of hydrogen-bond acceptors (Lipinski definition) is 6. The number of amides is 1. The van der Waals surface area contributed by atoms with E-state index in [1.54, 1.807) is 6.92 Å². The van der Waals surface area contributed by atoms with Gasteiger partial charge in [0.2, 0.25) is 5.91 Å². The van der Waals surface area contributed by atoms with E-state index in [1.165, 1.54) is 0 Å². The average Bonchev–Trinajstić information content (AvgIpc) is 2.78. The standard InChI is InChI=1S/C13H23N3O4.ClH/c1-2-20-12(19)13(16)7-3-4-8(13)11(18)9(14)5-6-10(15)17;/h8-9H,2-7,14,16H2,1H3,(H2,15,17);1H/t8?,9-,13?;/m0./s1. The highest BCUT2D eigenvalue weighted by molar-refractivity contribution is 5.95. The number of esters is 1. The van der Waals surface area contributed by atoms with Crippen LogP contribution in [0.3, 0.4) is 0 Å². The van der Waals surface area contributed by atoms with E-state index in [2.05, 4.69) is 0 Å². The molecule has 1 amide bonds. The van der Waals surface area contributed by atoms with E-state index in [0.717, 1.165) is 0 Å². The minimum atomic E-state index is -1.29. The first-order chi connectivity index (χ1) is 9.32. The molecule has 0 radical (unpaired) electrons. The van der Waals surface area contributed by atoms with Crippen LogP contribution in [0.5, 0.6) is 0 Å². The van der Waals surface area contributed by atoms with Crippen LogP contribution in [0, 0.1) is 5.92 Å². The summed E-state index contributed by atoms with van der Waals surface area (Å²) in [5.74, 6) is -2.01. The van der Waals surface area contributed by atoms with Crippen molar-refractivity contribution in [1.82, 2.24) is 0 Å². The summed E-state index contributed by atoms with van der Waals surface area (Å²) < 4.78 is 4.96. The van der Waals surface area contributed by atoms with Crippen LogP contribution >= 0.6 is 12.4 Å². The number of Topliss-reactive ketones (excluding diaryl/α,β-unsaturated/α-hetero) is 1. The van der Waals surface area contributed by atoms with Gasteiger partial charge in [0.05, 0.1) is 12.6 Å². The van der Waals surface area contributed by atoms with Crippen molar-refractivity contribution in [1.29, 1.82) is 0 Å². The lowest BCUT2D eigenvalue weighted by Crippen LogP contribution is -2.56. The third-order valence-corrected chi connectivity index (χ3v) is 3.77. The molecule has 0 aromatic rings. The summed E-state index contributed by atoms with van der Waals surface area (Å²) >= 11 is 0. The van der Waals surface area contributed by atoms with Gasteiger partial charge in [0.1, 0.15) is 5.54 Å². The van der Waals surface area contributed by atoms with Crippen LogP contribution < -0.4 is 17.2 Å². The number of nitrogens with two attached hydrogens (primary N) is 3. The van der Waals surface area contributed by atoms with E-state index in [4.69, 9.17) is 21.9 Å². The zero-order valence-corrected chi connectivity index (χ0v) is 13.0. The Morgan fingerprint density at radius 2 is 2.00 bits per heavy atom. The summed E-state index contributed by atoms with van der Waals surface area (Å²) in [6, 6.07) is -0.831. The number of halogens is 1. The Morgan fingerprint density at radius 1 is 1.38 bits per heavy atom. The summed E-state index contributed by atoms with van der Waals surface area (Å²) in [4.78, 5) is 35.0. The molecule has 1 saturated carbocycles. The lowest BCUT2D eigenvalue weighted by Gasteiger charge is -2.29. The first-order valence-electron chi connectivity index (χ1n) is 6.86. The molecule has 3 atom stereocenters. The van der Waals surface area contributed by atoms with E-state index in [1.807, 2.05) is 0 Å². The van der Waals surface area contributed by atoms with Gasteiger partial charge in [-0.2, -0.15) is 0 Å². The highest BCUT2D eigenvalue weighted by Crippen LogP contribution is 2.36. The lowest BCUT2D eigenvalue weighted by atomic mass is 9.81. The summed E-state index contributed by atoms with van der Waals surface area (Å²) in [6.07, 6.45) is 1.80. The third-order valence-electron chi connectivity index (χ3n) is 3.77. The van der Waals surface area contributed by atoms with Crippen molar-refractivity contribution < 1.29 is 19.1 Å². The minimum absolute atomic E-state index is 0. The fraction of sp³-hybridized carbons (Fsp3) is 0.769. The second-order valence-corrected chi connectivity index (χ2v) is 5.22. The zero-order chi connectivity index (χ0) is 15.3. The van der Waals surface area contributed by atoms with E-state index in [0.29, 0.717) is 19.3 Å². The Hall–Kier alpha value is -1.18. The second kappa shape index (κ2) is 8.31. The molecule has 122 valence electrons. The highest BCUT2D eigenvalue weighted by Gasteiger charge is 2.51. The molecule has 0 aliphatic heterocycles. The molecule has 2 unspecified atom stereocenters. The van der Waals surface area contributed by atoms with Crippen molar-refractivity contribution in [3.8, 4) is 0 Å². The summed E-state index contributed by atoms with van der Waals surface area (Å²) in [7, 11) is 0. The normalized spacial score (nSPS) is 25.8. The van der Waals surface area contributed by atoms with E-state index in [-0.39, 0.29) is 37.6 Å². The number of ketones is 1. The van der Waals surface area contributed by atoms with Crippen molar-refractivity contribution in [2.45, 2.75) is 50.6 Å². The van der Waals surface area contributed by atoms with Gasteiger partial charge < -0.3 is 21.9 Å². The molecule has 0 saturated heterocycles. The van der Waals surface area contributed by atoms with Crippen molar-refractivity contribution in [2.75, 3.05) is 6.61 Å². The van der Waals surface area contributed by atoms with Gasteiger partial charge >= 0.3 is 5.97 Å². The van der Waals surface area contributed by atoms with Crippen LogP contribution in [0.15, 0.2) is 0 Å². The van der Waals surface area contributed by atoms with Gasteiger partial charge in [0.25, 0.3) is 0 Å². The van der Waals surface area contributed by atoms with Gasteiger partial charge in [0.15, 0.2) is 5.78 Å². The van der Waals surface area contributed by atoms with Crippen LogP contribution in [-0.4, -0.2) is 35.8 Å². The van der Waals surface area contributed by atoms with Gasteiger partial charge in [-0.15, -0.1) is 12.4 Å². The first kappa shape index (κ1) is 19.8. The van der Waals surface area contributed by atoms with Crippen LogP contribution in [0.1, 0.15) is 39.0 Å². The van der Waals surface area contributed by atoms with E-state index in [9.17, 15) is 14.4 Å². The minimum Gasteiger partial charge on any atom is -0.465 e. The summed E-state index contributed by atoms with van der Waals surface area (Å²) in [6.45, 7) is 1.90. The molecule has 6 N–H and O–H groups in total. The van der Waals surface area contributed by atoms with Gasteiger partial charge in [-0.25, -0.2) is 0 Å². The topological polar surface area (TPSA) is 138 Å². The summed E-state index contributed by atoms with van der Waals surface area (Å²) in [5, 5.41) is 0. The molecule has 0 spiro atoms. The Morgan fingerprint density at radius 3 is 2.52 bits per heavy atom. The van der Waals surface area contributed by atoms with Gasteiger partial charge in [-0.05, 0) is 26.2 Å². The van der Waals surface area contributed by atoms with Crippen LogP contribution in [0.2, 0.25) is 0 Å². The first-order valence-corrected chi connectivity index (χ1v) is 6.86. The van der Waals surface area contributed by atoms with E-state index >= 15 is 0 Å². The summed E-state index contributed by atoms with van der Waals surface area (Å²) in [5.41, 5.74) is 15.6. The quantitative estimate of drug-likeness (QED) is 0.547. The number of hydrogen-bond donors (Lipinski definition) is 3. The molecule has 1 aliphatic carbocycles. The number of primary amides is 1. The maximum Gasteiger partial charge on any atom is 0.326 e. The molecular formula is C13H24ClN3O4. The molecule has 0 heterocycles. The number of ether oxygens (including phenoxy) is 1. The Balaban J connectivity index is 0.00000400. The van der Waals surface area contributed by atoms with Gasteiger partial charge in [0, 0.05) is 12.3 Å². The smallest absolute Gasteiger partial charge is 0.326 e. The number of rotatable bonds is 7.